The third-order valence-electron chi connectivity index (χ3n) is 6.04. The number of nitrogens with one attached hydrogen (secondary N) is 1. The maximum atomic E-state index is 13.0. The molecular weight excluding hydrogens is 586 g/mol. The average Bonchev–Trinajstić information content (AvgIpc) is 3.33. The van der Waals surface area contributed by atoms with Crippen LogP contribution in [0.5, 0.6) is 0 Å². The summed E-state index contributed by atoms with van der Waals surface area (Å²) in [7, 11) is 0. The summed E-state index contributed by atoms with van der Waals surface area (Å²) in [6.45, 7) is 1.41. The fourth-order valence-corrected chi connectivity index (χ4v) is 7.52. The maximum Gasteiger partial charge on any atom is 0.344 e. The summed E-state index contributed by atoms with van der Waals surface area (Å²) in [4.78, 5) is 63.4. The van der Waals surface area contributed by atoms with Gasteiger partial charge in [0.1, 0.15) is 17.1 Å². The number of thiazole rings is 1. The number of nitrogen functional groups attached to an aromatic ring is 3. The number of aromatic nitrogens is 3. The van der Waals surface area contributed by atoms with Gasteiger partial charge in [-0.2, -0.15) is 0 Å². The number of fused-ring (bicyclic) bond motifs is 1. The highest BCUT2D eigenvalue weighted by Gasteiger charge is 2.56. The third kappa shape index (κ3) is 5.85. The Labute approximate surface area is 239 Å². The number of nitrogens with zero attached hydrogens (tertiary/aromatic N) is 5. The van der Waals surface area contributed by atoms with Crippen molar-refractivity contribution in [2.45, 2.75) is 30.0 Å². The molecule has 0 aromatic carbocycles. The summed E-state index contributed by atoms with van der Waals surface area (Å²) in [6, 6.07) is 0.525. The number of carboxylic acids is 2. The van der Waals surface area contributed by atoms with E-state index in [0.29, 0.717) is 17.5 Å². The number of amides is 2. The van der Waals surface area contributed by atoms with Crippen LogP contribution in [0, 0.1) is 5.41 Å². The SMILES string of the molecule is CC[n+]1c(N)cc(N)nc1SCC1(C(=O)[O-])CS[C@@H]2C(NC(=O)C(=NOCC(=O)O)c3csc(N)n3)C(=O)N2C1. The van der Waals surface area contributed by atoms with Gasteiger partial charge in [0, 0.05) is 28.8 Å². The number of hydrogen-bond donors (Lipinski definition) is 5. The van der Waals surface area contributed by atoms with E-state index in [-0.39, 0.29) is 40.4 Å². The number of aliphatic carboxylic acids is 2. The molecule has 2 aliphatic rings. The number of anilines is 3. The molecule has 0 saturated carbocycles. The maximum absolute atomic E-state index is 13.0. The van der Waals surface area contributed by atoms with Gasteiger partial charge in [-0.15, -0.1) is 23.1 Å². The summed E-state index contributed by atoms with van der Waals surface area (Å²) in [5.74, 6) is -3.26. The summed E-state index contributed by atoms with van der Waals surface area (Å²) in [6.07, 6.45) is 0. The molecule has 0 bridgehead atoms. The van der Waals surface area contributed by atoms with Crippen LogP contribution >= 0.6 is 34.9 Å². The molecule has 214 valence electrons. The number of carboxylic acid groups (broad SMARTS) is 2. The van der Waals surface area contributed by atoms with E-state index in [1.165, 1.54) is 28.1 Å². The number of rotatable bonds is 11. The van der Waals surface area contributed by atoms with Crippen molar-refractivity contribution in [2.75, 3.05) is 41.9 Å². The third-order valence-corrected chi connectivity index (χ3v) is 9.57. The topological polar surface area (TPSA) is 256 Å². The van der Waals surface area contributed by atoms with Crippen LogP contribution in [0.4, 0.5) is 16.8 Å². The smallest absolute Gasteiger partial charge is 0.344 e. The van der Waals surface area contributed by atoms with Crippen LogP contribution in [0.15, 0.2) is 21.8 Å². The Bertz CT molecular complexity index is 1390. The highest BCUT2D eigenvalue weighted by Crippen LogP contribution is 2.44. The molecule has 2 saturated heterocycles. The first-order valence-corrected chi connectivity index (χ1v) is 14.5. The van der Waals surface area contributed by atoms with Gasteiger partial charge < -0.3 is 47.3 Å². The molecule has 2 aromatic rings. The van der Waals surface area contributed by atoms with Gasteiger partial charge in [0.05, 0.1) is 18.6 Å². The van der Waals surface area contributed by atoms with Gasteiger partial charge in [-0.1, -0.05) is 21.9 Å². The van der Waals surface area contributed by atoms with E-state index in [9.17, 15) is 24.3 Å². The second kappa shape index (κ2) is 11.7. The Kier molecular flexibility index (Phi) is 8.54. The Hall–Kier alpha value is -3.84. The quantitative estimate of drug-likeness (QED) is 0.0434. The summed E-state index contributed by atoms with van der Waals surface area (Å²) >= 11 is 3.36. The number of hydrogen-bond acceptors (Lipinski definition) is 15. The van der Waals surface area contributed by atoms with E-state index < -0.39 is 47.2 Å². The van der Waals surface area contributed by atoms with Crippen molar-refractivity contribution in [1.82, 2.24) is 20.2 Å². The minimum Gasteiger partial charge on any atom is -0.549 e. The molecule has 2 fully saturated rings. The van der Waals surface area contributed by atoms with Gasteiger partial charge in [-0.05, 0) is 6.92 Å². The van der Waals surface area contributed by atoms with Crippen LogP contribution in [0.2, 0.25) is 0 Å². The zero-order valence-electron chi connectivity index (χ0n) is 20.9. The molecule has 4 rings (SSSR count). The predicted molar refractivity (Wildman–Crippen MR) is 144 cm³/mol. The highest BCUT2D eigenvalue weighted by molar-refractivity contribution is 8.00. The second-order valence-corrected chi connectivity index (χ2v) is 11.7. The highest BCUT2D eigenvalue weighted by atomic mass is 32.2. The molecule has 2 unspecified atom stereocenters. The van der Waals surface area contributed by atoms with Crippen LogP contribution < -0.4 is 32.2 Å². The van der Waals surface area contributed by atoms with Crippen LogP contribution in [0.3, 0.4) is 0 Å². The minimum absolute atomic E-state index is 0.0364. The standard InChI is InChI=1S/C21H25N9O7S3/c1-2-29-11(23)3-10(22)26-20(29)40-8-21(18(35)36)6-30-16(34)14(17(30)39-7-21)27-15(33)13(28-37-4-12(31)32)9-5-38-19(24)25-9/h3,5,14,17H,2,4,6-8H2,1H3,(H8,22,23,24,25,27,31,32,33,35,36)/t14?,17-,21?/m1/s1. The number of β-lactam (4-membered cyclic amide) rings is 1. The Morgan fingerprint density at radius 1 is 1.38 bits per heavy atom. The number of carbonyl (C=O) groups is 4. The first kappa shape index (κ1) is 29.2. The van der Waals surface area contributed by atoms with Crippen LogP contribution in [-0.4, -0.2) is 85.5 Å². The normalized spacial score (nSPS) is 22.3. The van der Waals surface area contributed by atoms with E-state index in [2.05, 4.69) is 20.4 Å². The molecule has 2 aliphatic heterocycles. The molecule has 0 radical (unpaired) electrons. The first-order valence-electron chi connectivity index (χ1n) is 11.6. The van der Waals surface area contributed by atoms with Crippen LogP contribution in [0.1, 0.15) is 12.6 Å². The summed E-state index contributed by atoms with van der Waals surface area (Å²) in [5.41, 5.74) is 15.7. The molecule has 40 heavy (non-hydrogen) atoms. The first-order chi connectivity index (χ1) is 19.0. The molecular formula is C21H25N9O7S3. The number of oxime groups is 1. The fourth-order valence-electron chi connectivity index (χ4n) is 4.03. The van der Waals surface area contributed by atoms with Gasteiger partial charge in [0.15, 0.2) is 10.8 Å². The molecule has 0 aliphatic carbocycles. The van der Waals surface area contributed by atoms with E-state index in [1.54, 1.807) is 4.57 Å². The number of thioether (sulfide) groups is 2. The van der Waals surface area contributed by atoms with E-state index >= 15 is 0 Å². The van der Waals surface area contributed by atoms with E-state index in [1.807, 2.05) is 6.92 Å². The van der Waals surface area contributed by atoms with E-state index in [4.69, 9.17) is 27.1 Å². The van der Waals surface area contributed by atoms with E-state index in [0.717, 1.165) is 23.1 Å². The zero-order valence-corrected chi connectivity index (χ0v) is 23.4. The minimum atomic E-state index is -1.40. The second-order valence-electron chi connectivity index (χ2n) is 8.79. The molecule has 0 spiro atoms. The Morgan fingerprint density at radius 3 is 2.75 bits per heavy atom. The monoisotopic (exact) mass is 611 g/mol. The van der Waals surface area contributed by atoms with Gasteiger partial charge >= 0.3 is 11.1 Å². The van der Waals surface area contributed by atoms with Crippen molar-refractivity contribution < 1.29 is 38.8 Å². The van der Waals surface area contributed by atoms with Crippen molar-refractivity contribution >= 4 is 81.1 Å². The van der Waals surface area contributed by atoms with Gasteiger partial charge in [-0.25, -0.2) is 14.3 Å². The molecule has 2 aromatic heterocycles. The molecule has 3 atom stereocenters. The van der Waals surface area contributed by atoms with Crippen molar-refractivity contribution in [3.63, 3.8) is 0 Å². The van der Waals surface area contributed by atoms with Gasteiger partial charge in [0.25, 0.3) is 5.91 Å². The average molecular weight is 612 g/mol. The van der Waals surface area contributed by atoms with Crippen LogP contribution in [-0.2, 0) is 30.6 Å². The lowest BCUT2D eigenvalue weighted by atomic mass is 9.89. The van der Waals surface area contributed by atoms with Gasteiger partial charge in [-0.3, -0.25) is 9.59 Å². The lowest BCUT2D eigenvalue weighted by molar-refractivity contribution is -0.719. The number of carbonyl (C=O) groups excluding carboxylic acids is 3. The summed E-state index contributed by atoms with van der Waals surface area (Å²) < 4.78 is 1.69. The molecule has 16 nitrogen and oxygen atoms in total. The molecule has 19 heteroatoms. The lowest BCUT2D eigenvalue weighted by Crippen LogP contribution is -2.75. The van der Waals surface area contributed by atoms with Crippen molar-refractivity contribution in [2.24, 2.45) is 10.6 Å². The largest absolute Gasteiger partial charge is 0.549 e. The summed E-state index contributed by atoms with van der Waals surface area (Å²) in [5, 5.41) is 28.7. The Balaban J connectivity index is 1.46. The molecule has 8 N–H and O–H groups in total. The van der Waals surface area contributed by atoms with Crippen LogP contribution in [0.25, 0.3) is 0 Å². The van der Waals surface area contributed by atoms with Crippen molar-refractivity contribution in [3.05, 3.63) is 17.1 Å². The fraction of sp³-hybridized carbons (Fsp3) is 0.429. The van der Waals surface area contributed by atoms with Crippen molar-refractivity contribution in [1.29, 1.82) is 0 Å². The van der Waals surface area contributed by atoms with Gasteiger partial charge in [0.2, 0.25) is 24.1 Å². The Morgan fingerprint density at radius 2 is 2.12 bits per heavy atom. The zero-order chi connectivity index (χ0) is 29.2. The lowest BCUT2D eigenvalue weighted by Gasteiger charge is -2.55. The predicted octanol–water partition coefficient (Wildman–Crippen LogP) is -2.67. The number of nitrogens with two attached hydrogens (primary N) is 3. The molecule has 4 heterocycles. The molecule has 2 amide bonds. The van der Waals surface area contributed by atoms with Crippen molar-refractivity contribution in [3.8, 4) is 0 Å².